The number of aryl methyl sites for hydroxylation is 1. The van der Waals surface area contributed by atoms with Gasteiger partial charge in [-0.1, -0.05) is 0 Å². The quantitative estimate of drug-likeness (QED) is 0.668. The molecular formula is C15H18N2O2S2. The minimum absolute atomic E-state index is 0.178. The van der Waals surface area contributed by atoms with Crippen LogP contribution in [-0.4, -0.2) is 14.7 Å². The van der Waals surface area contributed by atoms with Crippen LogP contribution in [-0.2, 0) is 10.0 Å². The number of hydrogen-bond donors (Lipinski definition) is 2. The molecular weight excluding hydrogens is 304 g/mol. The van der Waals surface area contributed by atoms with Gasteiger partial charge in [0.15, 0.2) is 0 Å². The molecule has 0 fully saturated rings. The molecule has 21 heavy (non-hydrogen) atoms. The zero-order valence-corrected chi connectivity index (χ0v) is 13.8. The number of nitrogens with one attached hydrogen (secondary N) is 1. The molecule has 2 aromatic carbocycles. The topological polar surface area (TPSA) is 72.2 Å². The highest BCUT2D eigenvalue weighted by Crippen LogP contribution is 2.24. The number of thioether (sulfide) groups is 1. The van der Waals surface area contributed by atoms with Crippen LogP contribution in [0.5, 0.6) is 0 Å². The van der Waals surface area contributed by atoms with E-state index in [0.29, 0.717) is 11.4 Å². The Morgan fingerprint density at radius 2 is 1.71 bits per heavy atom. The Kier molecular flexibility index (Phi) is 4.49. The Labute approximate surface area is 129 Å². The van der Waals surface area contributed by atoms with Gasteiger partial charge in [0.1, 0.15) is 0 Å². The maximum absolute atomic E-state index is 12.4. The molecule has 0 heterocycles. The summed E-state index contributed by atoms with van der Waals surface area (Å²) in [7, 11) is -3.63. The maximum Gasteiger partial charge on any atom is 0.261 e. The number of nitrogens with two attached hydrogens (primary N) is 1. The second-order valence-electron chi connectivity index (χ2n) is 4.79. The Bertz CT molecular complexity index is 731. The van der Waals surface area contributed by atoms with Crippen LogP contribution in [0, 0.1) is 13.8 Å². The first-order valence-corrected chi connectivity index (χ1v) is 9.08. The third-order valence-corrected chi connectivity index (χ3v) is 5.44. The van der Waals surface area contributed by atoms with Crippen molar-refractivity contribution in [3.05, 3.63) is 47.5 Å². The van der Waals surface area contributed by atoms with Crippen LogP contribution in [0.1, 0.15) is 11.1 Å². The summed E-state index contributed by atoms with van der Waals surface area (Å²) in [5, 5.41) is 0. The van der Waals surface area contributed by atoms with Crippen molar-refractivity contribution < 1.29 is 8.42 Å². The lowest BCUT2D eigenvalue weighted by molar-refractivity contribution is 0.601. The average molecular weight is 322 g/mol. The van der Waals surface area contributed by atoms with Crippen molar-refractivity contribution in [1.82, 2.24) is 0 Å². The summed E-state index contributed by atoms with van der Waals surface area (Å²) in [6.45, 7) is 3.72. The van der Waals surface area contributed by atoms with E-state index in [9.17, 15) is 8.42 Å². The Morgan fingerprint density at radius 1 is 1.10 bits per heavy atom. The van der Waals surface area contributed by atoms with Gasteiger partial charge in [0.25, 0.3) is 10.0 Å². The maximum atomic E-state index is 12.4. The van der Waals surface area contributed by atoms with E-state index < -0.39 is 10.0 Å². The zero-order valence-electron chi connectivity index (χ0n) is 12.2. The normalized spacial score (nSPS) is 11.4. The van der Waals surface area contributed by atoms with Crippen LogP contribution < -0.4 is 10.5 Å². The fraction of sp³-hybridized carbons (Fsp3) is 0.200. The van der Waals surface area contributed by atoms with E-state index in [4.69, 9.17) is 5.73 Å². The van der Waals surface area contributed by atoms with E-state index in [1.165, 1.54) is 6.07 Å². The van der Waals surface area contributed by atoms with Crippen LogP contribution in [0.25, 0.3) is 0 Å². The summed E-state index contributed by atoms with van der Waals surface area (Å²) in [5.74, 6) is 0. The van der Waals surface area contributed by atoms with Gasteiger partial charge in [-0.3, -0.25) is 4.72 Å². The summed E-state index contributed by atoms with van der Waals surface area (Å²) in [4.78, 5) is 1.26. The second-order valence-corrected chi connectivity index (χ2v) is 7.35. The summed E-state index contributed by atoms with van der Waals surface area (Å²) in [5.41, 5.74) is 8.62. The molecule has 0 aromatic heterocycles. The number of hydrogen-bond acceptors (Lipinski definition) is 4. The van der Waals surface area contributed by atoms with E-state index >= 15 is 0 Å². The van der Waals surface area contributed by atoms with Gasteiger partial charge < -0.3 is 5.73 Å². The Morgan fingerprint density at radius 3 is 2.24 bits per heavy atom. The third-order valence-electron chi connectivity index (χ3n) is 3.33. The first-order chi connectivity index (χ1) is 9.83. The van der Waals surface area contributed by atoms with Crippen molar-refractivity contribution in [2.45, 2.75) is 23.6 Å². The fourth-order valence-corrected chi connectivity index (χ4v) is 3.47. The molecule has 0 spiro atoms. The van der Waals surface area contributed by atoms with Gasteiger partial charge in [0.2, 0.25) is 0 Å². The van der Waals surface area contributed by atoms with E-state index in [0.717, 1.165) is 16.0 Å². The molecule has 0 amide bonds. The van der Waals surface area contributed by atoms with Gasteiger partial charge in [-0.25, -0.2) is 8.42 Å². The Hall–Kier alpha value is -1.66. The lowest BCUT2D eigenvalue weighted by Crippen LogP contribution is -2.14. The molecule has 0 atom stereocenters. The van der Waals surface area contributed by atoms with E-state index in [-0.39, 0.29) is 4.90 Å². The summed E-state index contributed by atoms with van der Waals surface area (Å²) < 4.78 is 27.4. The highest BCUT2D eigenvalue weighted by Gasteiger charge is 2.16. The molecule has 4 nitrogen and oxygen atoms in total. The fourth-order valence-electron chi connectivity index (χ4n) is 1.88. The first kappa shape index (κ1) is 15.7. The van der Waals surface area contributed by atoms with Crippen LogP contribution in [0.2, 0.25) is 0 Å². The molecule has 0 aliphatic rings. The third kappa shape index (κ3) is 3.51. The van der Waals surface area contributed by atoms with E-state index in [1.54, 1.807) is 30.0 Å². The summed E-state index contributed by atoms with van der Waals surface area (Å²) in [6.07, 6.45) is 1.97. The van der Waals surface area contributed by atoms with Crippen molar-refractivity contribution in [3.63, 3.8) is 0 Å². The molecule has 0 unspecified atom stereocenters. The minimum atomic E-state index is -3.63. The van der Waals surface area contributed by atoms with Crippen molar-refractivity contribution in [1.29, 1.82) is 0 Å². The average Bonchev–Trinajstić information content (AvgIpc) is 2.44. The predicted octanol–water partition coefficient (Wildman–Crippen LogP) is 3.41. The zero-order chi connectivity index (χ0) is 15.6. The Balaban J connectivity index is 2.33. The molecule has 0 aliphatic heterocycles. The highest BCUT2D eigenvalue weighted by molar-refractivity contribution is 7.98. The van der Waals surface area contributed by atoms with Gasteiger partial charge in [-0.05, 0) is 67.6 Å². The summed E-state index contributed by atoms with van der Waals surface area (Å²) >= 11 is 1.60. The monoisotopic (exact) mass is 322 g/mol. The van der Waals surface area contributed by atoms with Crippen molar-refractivity contribution in [2.75, 3.05) is 16.7 Å². The number of nitrogen functional groups attached to an aromatic ring is 1. The highest BCUT2D eigenvalue weighted by atomic mass is 32.2. The lowest BCUT2D eigenvalue weighted by atomic mass is 10.1. The molecule has 0 saturated carbocycles. The van der Waals surface area contributed by atoms with Crippen molar-refractivity contribution in [3.8, 4) is 0 Å². The molecule has 0 bridgehead atoms. The number of benzene rings is 2. The standard InChI is InChI=1S/C15H18N2O2S2/c1-10-8-14(9-15(16)11(10)2)21(18,19)17-12-4-6-13(20-3)7-5-12/h4-9,17H,16H2,1-3H3. The first-order valence-electron chi connectivity index (χ1n) is 6.37. The summed E-state index contributed by atoms with van der Waals surface area (Å²) in [6, 6.07) is 10.3. The van der Waals surface area contributed by atoms with Crippen LogP contribution in [0.4, 0.5) is 11.4 Å². The van der Waals surface area contributed by atoms with Crippen LogP contribution in [0.15, 0.2) is 46.2 Å². The van der Waals surface area contributed by atoms with Crippen molar-refractivity contribution in [2.24, 2.45) is 0 Å². The van der Waals surface area contributed by atoms with Crippen molar-refractivity contribution >= 4 is 33.2 Å². The molecule has 0 radical (unpaired) electrons. The molecule has 0 saturated heterocycles. The van der Waals surface area contributed by atoms with Gasteiger partial charge in [-0.15, -0.1) is 11.8 Å². The van der Waals surface area contributed by atoms with E-state index in [1.807, 2.05) is 32.2 Å². The largest absolute Gasteiger partial charge is 0.398 e. The van der Waals surface area contributed by atoms with Gasteiger partial charge in [0, 0.05) is 16.3 Å². The second kappa shape index (κ2) is 5.99. The number of anilines is 2. The minimum Gasteiger partial charge on any atom is -0.398 e. The number of rotatable bonds is 4. The van der Waals surface area contributed by atoms with Gasteiger partial charge in [-0.2, -0.15) is 0 Å². The van der Waals surface area contributed by atoms with Crippen LogP contribution >= 0.6 is 11.8 Å². The van der Waals surface area contributed by atoms with Crippen LogP contribution in [0.3, 0.4) is 0 Å². The molecule has 6 heteroatoms. The SMILES string of the molecule is CSc1ccc(NS(=O)(=O)c2cc(C)c(C)c(N)c2)cc1. The molecule has 3 N–H and O–H groups in total. The smallest absolute Gasteiger partial charge is 0.261 e. The molecule has 2 aromatic rings. The molecule has 2 rings (SSSR count). The van der Waals surface area contributed by atoms with Gasteiger partial charge >= 0.3 is 0 Å². The number of sulfonamides is 1. The predicted molar refractivity (Wildman–Crippen MR) is 89.4 cm³/mol. The molecule has 0 aliphatic carbocycles. The lowest BCUT2D eigenvalue weighted by Gasteiger charge is -2.12. The molecule has 112 valence electrons. The van der Waals surface area contributed by atoms with E-state index in [2.05, 4.69) is 4.72 Å². The van der Waals surface area contributed by atoms with Gasteiger partial charge in [0.05, 0.1) is 4.90 Å².